The van der Waals surface area contributed by atoms with Crippen LogP contribution in [0.25, 0.3) is 11.9 Å². The van der Waals surface area contributed by atoms with Gasteiger partial charge >= 0.3 is 0 Å². The molecule has 0 unspecified atom stereocenters. The van der Waals surface area contributed by atoms with Crippen molar-refractivity contribution in [3.05, 3.63) is 27.6 Å². The third-order valence-corrected chi connectivity index (χ3v) is 2.93. The van der Waals surface area contributed by atoms with Gasteiger partial charge in [0, 0.05) is 10.5 Å². The molecule has 1 aromatic rings. The van der Waals surface area contributed by atoms with E-state index >= 15 is 0 Å². The fourth-order valence-corrected chi connectivity index (χ4v) is 2.15. The molecule has 0 aromatic carbocycles. The maximum Gasteiger partial charge on any atom is 0.123 e. The van der Waals surface area contributed by atoms with Crippen molar-refractivity contribution < 1.29 is 4.39 Å². The number of hydrogen-bond donors (Lipinski definition) is 0. The summed E-state index contributed by atoms with van der Waals surface area (Å²) in [6, 6.07) is 0.194. The minimum absolute atomic E-state index is 0.194. The van der Waals surface area contributed by atoms with Crippen LogP contribution in [0.4, 0.5) is 4.39 Å². The molecule has 0 N–H and O–H groups in total. The molecule has 0 amide bonds. The highest BCUT2D eigenvalue weighted by Crippen LogP contribution is 2.07. The molecule has 0 spiro atoms. The Bertz CT molecular complexity index is 522. The third-order valence-electron chi connectivity index (χ3n) is 2.38. The summed E-state index contributed by atoms with van der Waals surface area (Å²) >= 11 is 3.43. The standard InChI is InChI=1S/C13H18BrFN2/c1-5-6-11(14)7-12-13(10(4)15)17(8-16-12)9(2)3/h6-9H,5H2,1-4H3/b11-6-,12-7+,13-10-. The lowest BCUT2D eigenvalue weighted by atomic mass is 10.3. The van der Waals surface area contributed by atoms with Crippen molar-refractivity contribution in [3.63, 3.8) is 0 Å². The van der Waals surface area contributed by atoms with Gasteiger partial charge in [-0.2, -0.15) is 0 Å². The normalized spacial score (nSPS) is 15.7. The van der Waals surface area contributed by atoms with Crippen molar-refractivity contribution in [2.24, 2.45) is 0 Å². The molecule has 1 aromatic heterocycles. The number of aromatic nitrogens is 2. The van der Waals surface area contributed by atoms with E-state index in [1.165, 1.54) is 6.92 Å². The first kappa shape index (κ1) is 14.2. The molecular formula is C13H18BrFN2. The van der Waals surface area contributed by atoms with Gasteiger partial charge in [0.1, 0.15) is 5.83 Å². The number of halogens is 2. The smallest absolute Gasteiger partial charge is 0.123 e. The summed E-state index contributed by atoms with van der Waals surface area (Å²) < 4.78 is 16.4. The maximum atomic E-state index is 13.6. The van der Waals surface area contributed by atoms with Crippen molar-refractivity contribution in [1.29, 1.82) is 0 Å². The van der Waals surface area contributed by atoms with Gasteiger partial charge in [0.05, 0.1) is 17.0 Å². The third kappa shape index (κ3) is 3.53. The summed E-state index contributed by atoms with van der Waals surface area (Å²) in [5.41, 5.74) is 0. The van der Waals surface area contributed by atoms with Crippen LogP contribution in [0, 0.1) is 0 Å². The van der Waals surface area contributed by atoms with E-state index < -0.39 is 0 Å². The summed E-state index contributed by atoms with van der Waals surface area (Å²) in [6.45, 7) is 7.53. The van der Waals surface area contributed by atoms with Gasteiger partial charge in [-0.25, -0.2) is 9.37 Å². The quantitative estimate of drug-likeness (QED) is 0.839. The van der Waals surface area contributed by atoms with Gasteiger partial charge in [-0.3, -0.25) is 0 Å². The molecule has 0 atom stereocenters. The van der Waals surface area contributed by atoms with Crippen LogP contribution in [0.3, 0.4) is 0 Å². The van der Waals surface area contributed by atoms with E-state index in [-0.39, 0.29) is 11.9 Å². The first-order valence-corrected chi connectivity index (χ1v) is 6.53. The van der Waals surface area contributed by atoms with Crippen LogP contribution in [0.2, 0.25) is 0 Å². The highest BCUT2D eigenvalue weighted by Gasteiger charge is 2.04. The molecule has 1 heterocycles. The van der Waals surface area contributed by atoms with Crippen LogP contribution in [-0.2, 0) is 0 Å². The van der Waals surface area contributed by atoms with E-state index in [1.807, 2.05) is 30.6 Å². The summed E-state index contributed by atoms with van der Waals surface area (Å²) in [6.07, 6.45) is 6.48. The largest absolute Gasteiger partial charge is 0.326 e. The molecule has 4 heteroatoms. The predicted molar refractivity (Wildman–Crippen MR) is 73.8 cm³/mol. The summed E-state index contributed by atoms with van der Waals surface area (Å²) in [4.78, 5) is 4.26. The zero-order valence-corrected chi connectivity index (χ0v) is 12.3. The number of imidazole rings is 1. The predicted octanol–water partition coefficient (Wildman–Crippen LogP) is 3.03. The van der Waals surface area contributed by atoms with Crippen LogP contribution >= 0.6 is 15.9 Å². The molecule has 2 nitrogen and oxygen atoms in total. The molecule has 1 rings (SSSR count). The zero-order chi connectivity index (χ0) is 13.0. The molecule has 0 aliphatic rings. The molecule has 94 valence electrons. The second-order valence-electron chi connectivity index (χ2n) is 4.15. The Morgan fingerprint density at radius 3 is 2.71 bits per heavy atom. The average molecular weight is 301 g/mol. The Hall–Kier alpha value is -0.900. The van der Waals surface area contributed by atoms with Crippen molar-refractivity contribution in [3.8, 4) is 0 Å². The van der Waals surface area contributed by atoms with Crippen molar-refractivity contribution in [2.75, 3.05) is 0 Å². The zero-order valence-electron chi connectivity index (χ0n) is 10.7. The second-order valence-corrected chi connectivity index (χ2v) is 5.07. The van der Waals surface area contributed by atoms with E-state index in [0.29, 0.717) is 10.7 Å². The van der Waals surface area contributed by atoms with Crippen molar-refractivity contribution in [2.45, 2.75) is 40.2 Å². The van der Waals surface area contributed by atoms with Crippen molar-refractivity contribution in [1.82, 2.24) is 9.55 Å². The molecule has 0 aliphatic carbocycles. The number of hydrogen-bond acceptors (Lipinski definition) is 1. The van der Waals surface area contributed by atoms with E-state index in [2.05, 4.69) is 27.8 Å². The maximum absolute atomic E-state index is 13.6. The Balaban J connectivity index is 3.49. The Morgan fingerprint density at radius 2 is 2.24 bits per heavy atom. The minimum atomic E-state index is -0.209. The fraction of sp³-hybridized carbons (Fsp3) is 0.462. The molecule has 0 saturated heterocycles. The molecular weight excluding hydrogens is 283 g/mol. The van der Waals surface area contributed by atoms with Crippen LogP contribution in [0.5, 0.6) is 0 Å². The number of nitrogens with zero attached hydrogens (tertiary/aromatic N) is 2. The minimum Gasteiger partial charge on any atom is -0.326 e. The first-order valence-electron chi connectivity index (χ1n) is 5.74. The first-order chi connectivity index (χ1) is 7.97. The van der Waals surface area contributed by atoms with E-state index in [4.69, 9.17) is 0 Å². The van der Waals surface area contributed by atoms with Gasteiger partial charge in [-0.15, -0.1) is 0 Å². The molecule has 17 heavy (non-hydrogen) atoms. The van der Waals surface area contributed by atoms with E-state index in [0.717, 1.165) is 10.9 Å². The van der Waals surface area contributed by atoms with E-state index in [9.17, 15) is 4.39 Å². The van der Waals surface area contributed by atoms with E-state index in [1.54, 1.807) is 6.33 Å². The number of rotatable bonds is 3. The molecule has 0 saturated carbocycles. The summed E-state index contributed by atoms with van der Waals surface area (Å²) in [7, 11) is 0. The average Bonchev–Trinajstić information content (AvgIpc) is 2.61. The fourth-order valence-electron chi connectivity index (χ4n) is 1.61. The molecule has 0 radical (unpaired) electrons. The topological polar surface area (TPSA) is 17.8 Å². The van der Waals surface area contributed by atoms with Crippen LogP contribution in [-0.4, -0.2) is 9.55 Å². The van der Waals surface area contributed by atoms with Gasteiger partial charge in [-0.1, -0.05) is 28.9 Å². The molecule has 0 aliphatic heterocycles. The lowest BCUT2D eigenvalue weighted by Crippen LogP contribution is -2.32. The monoisotopic (exact) mass is 300 g/mol. The highest BCUT2D eigenvalue weighted by molar-refractivity contribution is 9.12. The Kier molecular flexibility index (Phi) is 5.12. The van der Waals surface area contributed by atoms with Gasteiger partial charge < -0.3 is 4.57 Å². The SMILES string of the molecule is CC/C=C(Br)/C=c1/ncn(C(C)C)/c1=C(/C)F. The van der Waals surface area contributed by atoms with Gasteiger partial charge in [0.15, 0.2) is 0 Å². The van der Waals surface area contributed by atoms with Crippen LogP contribution in [0.1, 0.15) is 40.2 Å². The lowest BCUT2D eigenvalue weighted by Gasteiger charge is -2.06. The van der Waals surface area contributed by atoms with Crippen LogP contribution in [0.15, 0.2) is 16.9 Å². The van der Waals surface area contributed by atoms with Gasteiger partial charge in [-0.05, 0) is 33.3 Å². The molecule has 0 bridgehead atoms. The highest BCUT2D eigenvalue weighted by atomic mass is 79.9. The lowest BCUT2D eigenvalue weighted by molar-refractivity contribution is 0.574. The number of allylic oxidation sites excluding steroid dienone is 2. The Morgan fingerprint density at radius 1 is 1.59 bits per heavy atom. The van der Waals surface area contributed by atoms with Crippen LogP contribution < -0.4 is 10.7 Å². The van der Waals surface area contributed by atoms with Crippen molar-refractivity contribution >= 4 is 27.8 Å². The summed E-state index contributed by atoms with van der Waals surface area (Å²) in [5.74, 6) is -0.209. The summed E-state index contributed by atoms with van der Waals surface area (Å²) in [5, 5.41) is 1.22. The second kappa shape index (κ2) is 6.15. The van der Waals surface area contributed by atoms with Gasteiger partial charge in [0.25, 0.3) is 0 Å². The van der Waals surface area contributed by atoms with Gasteiger partial charge in [0.2, 0.25) is 0 Å². The Labute approximate surface area is 110 Å². The molecule has 0 fully saturated rings.